The van der Waals surface area contributed by atoms with Gasteiger partial charge in [-0.15, -0.1) is 0 Å². The second-order valence-corrected chi connectivity index (χ2v) is 7.59. The molecule has 0 radical (unpaired) electrons. The first-order chi connectivity index (χ1) is 7.99. The molecule has 0 aromatic rings. The fourth-order valence-corrected chi connectivity index (χ4v) is 4.34. The zero-order valence-electron chi connectivity index (χ0n) is 10.8. The average Bonchev–Trinajstić information content (AvgIpc) is 2.74. The fourth-order valence-electron chi connectivity index (χ4n) is 2.94. The van der Waals surface area contributed by atoms with Crippen LogP contribution in [0.5, 0.6) is 0 Å². The van der Waals surface area contributed by atoms with E-state index >= 15 is 0 Å². The normalized spacial score (nSPS) is 30.1. The Morgan fingerprint density at radius 3 is 2.35 bits per heavy atom. The number of rotatable bonds is 5. The predicted octanol–water partition coefficient (Wildman–Crippen LogP) is 1.47. The minimum Gasteiger partial charge on any atom is -0.378 e. The van der Waals surface area contributed by atoms with Gasteiger partial charge in [-0.25, -0.2) is 12.7 Å². The van der Waals surface area contributed by atoms with E-state index in [-0.39, 0.29) is 11.9 Å². The Hall–Kier alpha value is -0.130. The maximum atomic E-state index is 12.1. The second-order valence-electron chi connectivity index (χ2n) is 5.50. The Morgan fingerprint density at radius 2 is 1.82 bits per heavy atom. The van der Waals surface area contributed by atoms with Crippen LogP contribution in [0.4, 0.5) is 0 Å². The predicted molar refractivity (Wildman–Crippen MR) is 67.3 cm³/mol. The first-order valence-corrected chi connectivity index (χ1v) is 8.19. The average molecular weight is 261 g/mol. The van der Waals surface area contributed by atoms with E-state index in [0.717, 1.165) is 13.1 Å². The van der Waals surface area contributed by atoms with Gasteiger partial charge in [0, 0.05) is 13.1 Å². The van der Waals surface area contributed by atoms with E-state index in [1.807, 2.05) is 13.8 Å². The van der Waals surface area contributed by atoms with Gasteiger partial charge in [-0.3, -0.25) is 0 Å². The minimum atomic E-state index is -3.09. The van der Waals surface area contributed by atoms with Crippen LogP contribution in [0.1, 0.15) is 33.1 Å². The summed E-state index contributed by atoms with van der Waals surface area (Å²) in [6.07, 6.45) is 3.79. The summed E-state index contributed by atoms with van der Waals surface area (Å²) < 4.78 is 31.2. The monoisotopic (exact) mass is 261 g/mol. The molecule has 1 aliphatic heterocycles. The molecule has 0 spiro atoms. The van der Waals surface area contributed by atoms with Gasteiger partial charge in [-0.05, 0) is 38.5 Å². The summed E-state index contributed by atoms with van der Waals surface area (Å²) in [5, 5.41) is 0. The van der Waals surface area contributed by atoms with Crippen LogP contribution in [0, 0.1) is 11.8 Å². The first kappa shape index (κ1) is 13.3. The topological polar surface area (TPSA) is 46.6 Å². The van der Waals surface area contributed by atoms with Gasteiger partial charge in [-0.2, -0.15) is 0 Å². The lowest BCUT2D eigenvalue weighted by Crippen LogP contribution is -2.33. The number of hydrogen-bond donors (Lipinski definition) is 0. The third-order valence-corrected chi connectivity index (χ3v) is 5.65. The molecule has 0 amide bonds. The van der Waals surface area contributed by atoms with E-state index in [1.54, 1.807) is 4.31 Å². The van der Waals surface area contributed by atoms with Crippen LogP contribution in [-0.4, -0.2) is 44.3 Å². The Bertz CT molecular complexity index is 341. The molecule has 0 N–H and O–H groups in total. The van der Waals surface area contributed by atoms with Crippen molar-refractivity contribution in [2.75, 3.05) is 25.4 Å². The third-order valence-electron chi connectivity index (χ3n) is 3.88. The molecule has 5 heteroatoms. The summed E-state index contributed by atoms with van der Waals surface area (Å²) in [5.74, 6) is 1.37. The van der Waals surface area contributed by atoms with Crippen LogP contribution in [0.25, 0.3) is 0 Å². The van der Waals surface area contributed by atoms with Crippen LogP contribution in [0.3, 0.4) is 0 Å². The van der Waals surface area contributed by atoms with Gasteiger partial charge in [0.25, 0.3) is 0 Å². The zero-order valence-corrected chi connectivity index (χ0v) is 11.6. The molecule has 0 aromatic carbocycles. The molecule has 2 aliphatic rings. The molecule has 1 saturated heterocycles. The van der Waals surface area contributed by atoms with Crippen molar-refractivity contribution in [3.8, 4) is 0 Å². The van der Waals surface area contributed by atoms with E-state index in [2.05, 4.69) is 0 Å². The van der Waals surface area contributed by atoms with Gasteiger partial charge in [0.1, 0.15) is 0 Å². The molecule has 2 atom stereocenters. The first-order valence-electron chi connectivity index (χ1n) is 6.58. The molecule has 0 aromatic heterocycles. The third kappa shape index (κ3) is 3.20. The SMILES string of the molecule is CC(C)OCCS(=O)(=O)N1C[C@H]2CCC[C@H]2C1. The Kier molecular flexibility index (Phi) is 4.10. The molecule has 0 bridgehead atoms. The van der Waals surface area contributed by atoms with E-state index in [9.17, 15) is 8.42 Å². The van der Waals surface area contributed by atoms with Gasteiger partial charge >= 0.3 is 0 Å². The molecule has 0 unspecified atom stereocenters. The standard InChI is InChI=1S/C12H23NO3S/c1-10(2)16-6-7-17(14,15)13-8-11-4-3-5-12(11)9-13/h10-12H,3-9H2,1-2H3/t11-,12+. The Morgan fingerprint density at radius 1 is 1.24 bits per heavy atom. The van der Waals surface area contributed by atoms with Gasteiger partial charge < -0.3 is 4.74 Å². The molecule has 1 aliphatic carbocycles. The molecule has 17 heavy (non-hydrogen) atoms. The second kappa shape index (κ2) is 5.24. The van der Waals surface area contributed by atoms with Gasteiger partial charge in [0.05, 0.1) is 18.5 Å². The van der Waals surface area contributed by atoms with E-state index in [1.165, 1.54) is 19.3 Å². The highest BCUT2D eigenvalue weighted by atomic mass is 32.2. The van der Waals surface area contributed by atoms with Crippen LogP contribution >= 0.6 is 0 Å². The molecular weight excluding hydrogens is 238 g/mol. The number of ether oxygens (including phenoxy) is 1. The largest absolute Gasteiger partial charge is 0.378 e. The Balaban J connectivity index is 1.84. The van der Waals surface area contributed by atoms with Crippen LogP contribution in [0.2, 0.25) is 0 Å². The van der Waals surface area contributed by atoms with Crippen molar-refractivity contribution in [3.05, 3.63) is 0 Å². The smallest absolute Gasteiger partial charge is 0.216 e. The number of hydrogen-bond acceptors (Lipinski definition) is 3. The molecule has 2 rings (SSSR count). The molecule has 4 nitrogen and oxygen atoms in total. The maximum Gasteiger partial charge on any atom is 0.216 e. The summed E-state index contributed by atoms with van der Waals surface area (Å²) >= 11 is 0. The van der Waals surface area contributed by atoms with Crippen molar-refractivity contribution in [2.24, 2.45) is 11.8 Å². The molecule has 1 heterocycles. The van der Waals surface area contributed by atoms with E-state index in [0.29, 0.717) is 18.4 Å². The van der Waals surface area contributed by atoms with Crippen molar-refractivity contribution in [3.63, 3.8) is 0 Å². The minimum absolute atomic E-state index is 0.100. The number of fused-ring (bicyclic) bond motifs is 1. The van der Waals surface area contributed by atoms with E-state index in [4.69, 9.17) is 4.74 Å². The highest BCUT2D eigenvalue weighted by Crippen LogP contribution is 2.38. The maximum absolute atomic E-state index is 12.1. The summed E-state index contributed by atoms with van der Waals surface area (Å²) in [4.78, 5) is 0. The fraction of sp³-hybridized carbons (Fsp3) is 1.00. The van der Waals surface area contributed by atoms with Gasteiger partial charge in [0.15, 0.2) is 0 Å². The van der Waals surface area contributed by atoms with Crippen molar-refractivity contribution >= 4 is 10.0 Å². The molecular formula is C12H23NO3S. The molecule has 2 fully saturated rings. The lowest BCUT2D eigenvalue weighted by atomic mass is 10.0. The van der Waals surface area contributed by atoms with Crippen molar-refractivity contribution in [2.45, 2.75) is 39.2 Å². The molecule has 100 valence electrons. The lowest BCUT2D eigenvalue weighted by molar-refractivity contribution is 0.0907. The summed E-state index contributed by atoms with van der Waals surface area (Å²) in [6, 6.07) is 0. The van der Waals surface area contributed by atoms with Crippen LogP contribution in [0.15, 0.2) is 0 Å². The van der Waals surface area contributed by atoms with Crippen molar-refractivity contribution < 1.29 is 13.2 Å². The summed E-state index contributed by atoms with van der Waals surface area (Å²) in [5.41, 5.74) is 0. The van der Waals surface area contributed by atoms with Crippen molar-refractivity contribution in [1.29, 1.82) is 0 Å². The summed E-state index contributed by atoms with van der Waals surface area (Å²) in [6.45, 7) is 5.65. The lowest BCUT2D eigenvalue weighted by Gasteiger charge is -2.17. The van der Waals surface area contributed by atoms with Gasteiger partial charge in [-0.1, -0.05) is 6.42 Å². The number of nitrogens with zero attached hydrogens (tertiary/aromatic N) is 1. The van der Waals surface area contributed by atoms with Crippen molar-refractivity contribution in [1.82, 2.24) is 4.31 Å². The quantitative estimate of drug-likeness (QED) is 0.753. The highest BCUT2D eigenvalue weighted by Gasteiger charge is 2.40. The highest BCUT2D eigenvalue weighted by molar-refractivity contribution is 7.89. The number of sulfonamides is 1. The van der Waals surface area contributed by atoms with E-state index < -0.39 is 10.0 Å². The van der Waals surface area contributed by atoms with Gasteiger partial charge in [0.2, 0.25) is 10.0 Å². The summed E-state index contributed by atoms with van der Waals surface area (Å²) in [7, 11) is -3.09. The Labute approximate surface area is 104 Å². The van der Waals surface area contributed by atoms with Crippen LogP contribution in [-0.2, 0) is 14.8 Å². The van der Waals surface area contributed by atoms with Crippen LogP contribution < -0.4 is 0 Å². The molecule has 1 saturated carbocycles. The zero-order chi connectivity index (χ0) is 12.5.